The fourth-order valence-corrected chi connectivity index (χ4v) is 2.52. The first-order chi connectivity index (χ1) is 10.2. The Morgan fingerprint density at radius 2 is 1.76 bits per heavy atom. The van der Waals surface area contributed by atoms with Gasteiger partial charge in [0.15, 0.2) is 0 Å². The number of hydrogen-bond donors (Lipinski definition) is 2. The summed E-state index contributed by atoms with van der Waals surface area (Å²) in [6, 6.07) is 7.19. The van der Waals surface area contributed by atoms with E-state index in [-0.39, 0.29) is 5.91 Å². The highest BCUT2D eigenvalue weighted by Crippen LogP contribution is 2.09. The van der Waals surface area contributed by atoms with Gasteiger partial charge in [-0.15, -0.1) is 0 Å². The van der Waals surface area contributed by atoms with E-state index in [9.17, 15) is 9.59 Å². The van der Waals surface area contributed by atoms with Crippen molar-refractivity contribution >= 4 is 11.8 Å². The zero-order valence-electron chi connectivity index (χ0n) is 12.3. The lowest BCUT2D eigenvalue weighted by Crippen LogP contribution is -2.37. The molecule has 1 heterocycles. The molecule has 1 aromatic carbocycles. The molecular weight excluding hydrogens is 266 g/mol. The Bertz CT molecular complexity index is 479. The highest BCUT2D eigenvalue weighted by atomic mass is 16.2. The first-order valence-electron chi connectivity index (χ1n) is 7.54. The van der Waals surface area contributed by atoms with Crippen LogP contribution < -0.4 is 11.1 Å². The molecule has 1 aliphatic heterocycles. The van der Waals surface area contributed by atoms with Crippen molar-refractivity contribution in [1.29, 1.82) is 0 Å². The van der Waals surface area contributed by atoms with Crippen LogP contribution in [0.1, 0.15) is 41.6 Å². The lowest BCUT2D eigenvalue weighted by molar-refractivity contribution is -0.131. The Balaban J connectivity index is 1.67. The van der Waals surface area contributed by atoms with Crippen molar-refractivity contribution < 1.29 is 9.59 Å². The summed E-state index contributed by atoms with van der Waals surface area (Å²) in [6.45, 7) is 3.18. The first kappa shape index (κ1) is 15.5. The van der Waals surface area contributed by atoms with E-state index in [1.165, 1.54) is 6.42 Å². The number of piperidine rings is 1. The lowest BCUT2D eigenvalue weighted by atomic mass is 10.1. The predicted octanol–water partition coefficient (Wildman–Crippen LogP) is 1.28. The quantitative estimate of drug-likeness (QED) is 0.775. The minimum Gasteiger partial charge on any atom is -0.366 e. The van der Waals surface area contributed by atoms with Crippen molar-refractivity contribution in [2.45, 2.75) is 32.2 Å². The standard InChI is InChI=1S/C16H23N3O2/c17-16(21)14-6-4-13(5-7-14)12-18-9-8-15(20)19-10-2-1-3-11-19/h4-7,18H,1-3,8-12H2,(H2,17,21). The number of hydrogen-bond acceptors (Lipinski definition) is 3. The lowest BCUT2D eigenvalue weighted by Gasteiger charge is -2.26. The highest BCUT2D eigenvalue weighted by molar-refractivity contribution is 5.92. The summed E-state index contributed by atoms with van der Waals surface area (Å²) in [5.74, 6) is -0.173. The SMILES string of the molecule is NC(=O)c1ccc(CNCCC(=O)N2CCCCC2)cc1. The van der Waals surface area contributed by atoms with E-state index in [2.05, 4.69) is 5.32 Å². The third-order valence-electron chi connectivity index (χ3n) is 3.79. The zero-order valence-corrected chi connectivity index (χ0v) is 12.3. The fourth-order valence-electron chi connectivity index (χ4n) is 2.52. The van der Waals surface area contributed by atoms with Gasteiger partial charge in [-0.05, 0) is 37.0 Å². The summed E-state index contributed by atoms with van der Waals surface area (Å²) in [5, 5.41) is 3.26. The zero-order chi connectivity index (χ0) is 15.1. The second-order valence-electron chi connectivity index (χ2n) is 5.43. The molecule has 0 spiro atoms. The van der Waals surface area contributed by atoms with E-state index in [0.717, 1.165) is 31.5 Å². The number of carbonyl (C=O) groups is 2. The maximum absolute atomic E-state index is 12.0. The summed E-state index contributed by atoms with van der Waals surface area (Å²) < 4.78 is 0. The van der Waals surface area contributed by atoms with Crippen molar-refractivity contribution in [1.82, 2.24) is 10.2 Å². The van der Waals surface area contributed by atoms with E-state index in [0.29, 0.717) is 25.1 Å². The molecule has 2 rings (SSSR count). The molecule has 5 heteroatoms. The smallest absolute Gasteiger partial charge is 0.248 e. The van der Waals surface area contributed by atoms with Crippen LogP contribution in [-0.2, 0) is 11.3 Å². The van der Waals surface area contributed by atoms with Crippen LogP contribution >= 0.6 is 0 Å². The van der Waals surface area contributed by atoms with Gasteiger partial charge in [0.1, 0.15) is 0 Å². The van der Waals surface area contributed by atoms with Gasteiger partial charge in [-0.2, -0.15) is 0 Å². The Labute approximate surface area is 125 Å². The number of likely N-dealkylation sites (tertiary alicyclic amines) is 1. The molecule has 0 radical (unpaired) electrons. The molecule has 0 aliphatic carbocycles. The summed E-state index contributed by atoms with van der Waals surface area (Å²) in [5.41, 5.74) is 6.78. The molecule has 1 fully saturated rings. The predicted molar refractivity (Wildman–Crippen MR) is 81.7 cm³/mol. The first-order valence-corrected chi connectivity index (χ1v) is 7.54. The van der Waals surface area contributed by atoms with Gasteiger partial charge < -0.3 is 16.0 Å². The van der Waals surface area contributed by atoms with Crippen molar-refractivity contribution in [3.8, 4) is 0 Å². The molecule has 5 nitrogen and oxygen atoms in total. The number of benzene rings is 1. The van der Waals surface area contributed by atoms with Crippen molar-refractivity contribution in [3.63, 3.8) is 0 Å². The summed E-state index contributed by atoms with van der Waals surface area (Å²) >= 11 is 0. The van der Waals surface area contributed by atoms with Crippen LogP contribution in [0.25, 0.3) is 0 Å². The summed E-state index contributed by atoms with van der Waals surface area (Å²) in [6.07, 6.45) is 4.04. The Kier molecular flexibility index (Phi) is 5.75. The van der Waals surface area contributed by atoms with Crippen LogP contribution in [0, 0.1) is 0 Å². The number of nitrogens with one attached hydrogen (secondary N) is 1. The second-order valence-corrected chi connectivity index (χ2v) is 5.43. The van der Waals surface area contributed by atoms with Gasteiger partial charge in [0, 0.05) is 38.2 Å². The molecular formula is C16H23N3O2. The number of primary amides is 1. The van der Waals surface area contributed by atoms with E-state index in [4.69, 9.17) is 5.73 Å². The average molecular weight is 289 g/mol. The molecule has 2 amide bonds. The molecule has 1 aromatic rings. The topological polar surface area (TPSA) is 75.4 Å². The minimum absolute atomic E-state index is 0.242. The van der Waals surface area contributed by atoms with Crippen LogP contribution in [0.5, 0.6) is 0 Å². The Morgan fingerprint density at radius 3 is 2.38 bits per heavy atom. The Morgan fingerprint density at radius 1 is 1.10 bits per heavy atom. The fraction of sp³-hybridized carbons (Fsp3) is 0.500. The van der Waals surface area contributed by atoms with Crippen LogP contribution in [0.15, 0.2) is 24.3 Å². The molecule has 0 unspecified atom stereocenters. The van der Waals surface area contributed by atoms with Gasteiger partial charge in [0.25, 0.3) is 0 Å². The second kappa shape index (κ2) is 7.78. The molecule has 0 saturated carbocycles. The van der Waals surface area contributed by atoms with E-state index in [1.807, 2.05) is 17.0 Å². The molecule has 21 heavy (non-hydrogen) atoms. The number of nitrogens with zero attached hydrogens (tertiary/aromatic N) is 1. The third-order valence-corrected chi connectivity index (χ3v) is 3.79. The van der Waals surface area contributed by atoms with Crippen molar-refractivity contribution in [3.05, 3.63) is 35.4 Å². The van der Waals surface area contributed by atoms with Crippen molar-refractivity contribution in [2.24, 2.45) is 5.73 Å². The monoisotopic (exact) mass is 289 g/mol. The van der Waals surface area contributed by atoms with E-state index >= 15 is 0 Å². The molecule has 1 saturated heterocycles. The average Bonchev–Trinajstić information content (AvgIpc) is 2.52. The number of rotatable bonds is 6. The van der Waals surface area contributed by atoms with Crippen LogP contribution in [-0.4, -0.2) is 36.3 Å². The summed E-state index contributed by atoms with van der Waals surface area (Å²) in [4.78, 5) is 24.9. The van der Waals surface area contributed by atoms with Gasteiger partial charge in [-0.3, -0.25) is 9.59 Å². The van der Waals surface area contributed by atoms with Gasteiger partial charge >= 0.3 is 0 Å². The highest BCUT2D eigenvalue weighted by Gasteiger charge is 2.15. The van der Waals surface area contributed by atoms with Crippen LogP contribution in [0.3, 0.4) is 0 Å². The van der Waals surface area contributed by atoms with Crippen molar-refractivity contribution in [2.75, 3.05) is 19.6 Å². The molecule has 0 atom stereocenters. The van der Waals surface area contributed by atoms with E-state index < -0.39 is 5.91 Å². The Hall–Kier alpha value is -1.88. The summed E-state index contributed by atoms with van der Waals surface area (Å²) in [7, 11) is 0. The van der Waals surface area contributed by atoms with E-state index in [1.54, 1.807) is 12.1 Å². The normalized spacial score (nSPS) is 15.0. The molecule has 0 bridgehead atoms. The molecule has 114 valence electrons. The minimum atomic E-state index is -0.415. The largest absolute Gasteiger partial charge is 0.366 e. The number of amides is 2. The molecule has 1 aliphatic rings. The maximum atomic E-state index is 12.0. The molecule has 0 aromatic heterocycles. The van der Waals surface area contributed by atoms with Crippen LogP contribution in [0.4, 0.5) is 0 Å². The van der Waals surface area contributed by atoms with Gasteiger partial charge in [-0.25, -0.2) is 0 Å². The number of carbonyl (C=O) groups excluding carboxylic acids is 2. The number of nitrogens with two attached hydrogens (primary N) is 1. The van der Waals surface area contributed by atoms with Gasteiger partial charge in [0.05, 0.1) is 0 Å². The van der Waals surface area contributed by atoms with Crippen LogP contribution in [0.2, 0.25) is 0 Å². The third kappa shape index (κ3) is 4.86. The van der Waals surface area contributed by atoms with Gasteiger partial charge in [0.2, 0.25) is 11.8 Å². The maximum Gasteiger partial charge on any atom is 0.248 e. The van der Waals surface area contributed by atoms with Gasteiger partial charge in [-0.1, -0.05) is 12.1 Å². The molecule has 3 N–H and O–H groups in total.